The molecular formula is C10H16O. The van der Waals surface area contributed by atoms with Crippen LogP contribution < -0.4 is 0 Å². The van der Waals surface area contributed by atoms with E-state index in [9.17, 15) is 4.79 Å². The lowest BCUT2D eigenvalue weighted by Gasteiger charge is -2.16. The van der Waals surface area contributed by atoms with Gasteiger partial charge in [-0.2, -0.15) is 0 Å². The van der Waals surface area contributed by atoms with Crippen LogP contribution in [0.25, 0.3) is 0 Å². The smallest absolute Gasteiger partial charge is 0.155 e. The van der Waals surface area contributed by atoms with E-state index in [0.717, 1.165) is 12.0 Å². The van der Waals surface area contributed by atoms with Crippen LogP contribution in [-0.4, -0.2) is 5.78 Å². The molecule has 0 aromatic carbocycles. The minimum atomic E-state index is 0.265. The van der Waals surface area contributed by atoms with Gasteiger partial charge in [0.05, 0.1) is 0 Å². The first-order chi connectivity index (χ1) is 5.13. The lowest BCUT2D eigenvalue weighted by molar-refractivity contribution is -0.114. The molecule has 1 rings (SSSR count). The summed E-state index contributed by atoms with van der Waals surface area (Å²) in [5.74, 6) is 1.42. The van der Waals surface area contributed by atoms with E-state index in [2.05, 4.69) is 19.9 Å². The maximum Gasteiger partial charge on any atom is 0.155 e. The van der Waals surface area contributed by atoms with Crippen LogP contribution in [0.5, 0.6) is 0 Å². The zero-order chi connectivity index (χ0) is 8.43. The Morgan fingerprint density at radius 3 is 2.64 bits per heavy atom. The largest absolute Gasteiger partial charge is 0.295 e. The molecule has 1 atom stereocenters. The lowest BCUT2D eigenvalue weighted by atomic mass is 9.88. The number of hydrogen-bond acceptors (Lipinski definition) is 1. The van der Waals surface area contributed by atoms with Gasteiger partial charge in [-0.1, -0.05) is 19.9 Å². The summed E-state index contributed by atoms with van der Waals surface area (Å²) in [6.07, 6.45) is 4.37. The fourth-order valence-corrected chi connectivity index (χ4v) is 1.82. The Kier molecular flexibility index (Phi) is 2.48. The van der Waals surface area contributed by atoms with Gasteiger partial charge in [0.2, 0.25) is 0 Å². The lowest BCUT2D eigenvalue weighted by Crippen LogP contribution is -2.12. The standard InChI is InChI=1S/C10H16O/c1-7(2)9-5-4-6-10(9)8(3)11/h6-7,9H,4-5H2,1-3H3. The van der Waals surface area contributed by atoms with Gasteiger partial charge in [-0.05, 0) is 37.2 Å². The van der Waals surface area contributed by atoms with Crippen LogP contribution in [-0.2, 0) is 4.79 Å². The number of allylic oxidation sites excluding steroid dienone is 2. The van der Waals surface area contributed by atoms with Gasteiger partial charge in [-0.25, -0.2) is 0 Å². The van der Waals surface area contributed by atoms with E-state index in [4.69, 9.17) is 0 Å². The minimum absolute atomic E-state index is 0.265. The Bertz CT molecular complexity index is 189. The Hall–Kier alpha value is -0.590. The average Bonchev–Trinajstić information content (AvgIpc) is 2.32. The SMILES string of the molecule is CC(=O)C1=CCCC1C(C)C. The van der Waals surface area contributed by atoms with E-state index in [1.807, 2.05) is 0 Å². The van der Waals surface area contributed by atoms with E-state index >= 15 is 0 Å². The minimum Gasteiger partial charge on any atom is -0.295 e. The molecule has 1 aliphatic rings. The molecule has 11 heavy (non-hydrogen) atoms. The number of carbonyl (C=O) groups is 1. The molecule has 62 valence electrons. The quantitative estimate of drug-likeness (QED) is 0.594. The molecule has 1 nitrogen and oxygen atoms in total. The van der Waals surface area contributed by atoms with Crippen LogP contribution in [0.1, 0.15) is 33.6 Å². The van der Waals surface area contributed by atoms with Crippen LogP contribution >= 0.6 is 0 Å². The number of Topliss-reactive ketones (excluding diaryl/α,β-unsaturated/α-hetero) is 1. The molecule has 0 aliphatic heterocycles. The van der Waals surface area contributed by atoms with Gasteiger partial charge in [-0.3, -0.25) is 4.79 Å². The molecule has 0 aromatic rings. The monoisotopic (exact) mass is 152 g/mol. The van der Waals surface area contributed by atoms with Gasteiger partial charge in [0.1, 0.15) is 0 Å². The topological polar surface area (TPSA) is 17.1 Å². The summed E-state index contributed by atoms with van der Waals surface area (Å²) in [6, 6.07) is 0. The molecule has 1 heteroatoms. The number of hydrogen-bond donors (Lipinski definition) is 0. The fourth-order valence-electron chi connectivity index (χ4n) is 1.82. The van der Waals surface area contributed by atoms with Gasteiger partial charge in [0, 0.05) is 0 Å². The highest BCUT2D eigenvalue weighted by Crippen LogP contribution is 2.32. The molecule has 1 aliphatic carbocycles. The third kappa shape index (κ3) is 1.70. The maximum absolute atomic E-state index is 11.1. The summed E-state index contributed by atoms with van der Waals surface area (Å²) in [5, 5.41) is 0. The van der Waals surface area contributed by atoms with Crippen molar-refractivity contribution in [2.45, 2.75) is 33.6 Å². The predicted octanol–water partition coefficient (Wildman–Crippen LogP) is 2.57. The van der Waals surface area contributed by atoms with Gasteiger partial charge in [0.15, 0.2) is 5.78 Å². The molecule has 0 amide bonds. The highest BCUT2D eigenvalue weighted by atomic mass is 16.1. The molecule has 0 saturated carbocycles. The zero-order valence-corrected chi connectivity index (χ0v) is 7.55. The molecule has 0 fully saturated rings. The average molecular weight is 152 g/mol. The van der Waals surface area contributed by atoms with E-state index in [-0.39, 0.29) is 5.78 Å². The first-order valence-corrected chi connectivity index (χ1v) is 4.34. The van der Waals surface area contributed by atoms with E-state index in [1.54, 1.807) is 6.92 Å². The van der Waals surface area contributed by atoms with E-state index < -0.39 is 0 Å². The van der Waals surface area contributed by atoms with Crippen molar-refractivity contribution >= 4 is 5.78 Å². The summed E-state index contributed by atoms with van der Waals surface area (Å²) >= 11 is 0. The molecule has 1 unspecified atom stereocenters. The van der Waals surface area contributed by atoms with Crippen LogP contribution in [0.3, 0.4) is 0 Å². The Balaban J connectivity index is 2.71. The summed E-state index contributed by atoms with van der Waals surface area (Å²) in [6.45, 7) is 6.05. The molecular weight excluding hydrogens is 136 g/mol. The number of ketones is 1. The highest BCUT2D eigenvalue weighted by molar-refractivity contribution is 5.94. The maximum atomic E-state index is 11.1. The third-order valence-electron chi connectivity index (χ3n) is 2.45. The molecule has 0 saturated heterocycles. The van der Waals surface area contributed by atoms with Crippen LogP contribution in [0.4, 0.5) is 0 Å². The van der Waals surface area contributed by atoms with Gasteiger partial charge in [0.25, 0.3) is 0 Å². The van der Waals surface area contributed by atoms with Crippen LogP contribution in [0.15, 0.2) is 11.6 Å². The second kappa shape index (κ2) is 3.21. The van der Waals surface area contributed by atoms with Gasteiger partial charge < -0.3 is 0 Å². The summed E-state index contributed by atoms with van der Waals surface area (Å²) in [4.78, 5) is 11.1. The Morgan fingerprint density at radius 1 is 1.64 bits per heavy atom. The summed E-state index contributed by atoms with van der Waals surface area (Å²) in [5.41, 5.74) is 1.07. The predicted molar refractivity (Wildman–Crippen MR) is 46.3 cm³/mol. The van der Waals surface area contributed by atoms with Gasteiger partial charge in [-0.15, -0.1) is 0 Å². The fraction of sp³-hybridized carbons (Fsp3) is 0.700. The number of carbonyl (C=O) groups excluding carboxylic acids is 1. The van der Waals surface area contributed by atoms with Gasteiger partial charge >= 0.3 is 0 Å². The normalized spacial score (nSPS) is 24.0. The summed E-state index contributed by atoms with van der Waals surface area (Å²) < 4.78 is 0. The van der Waals surface area contributed by atoms with Crippen molar-refractivity contribution in [3.8, 4) is 0 Å². The molecule has 0 bridgehead atoms. The Labute approximate surface area is 68.5 Å². The van der Waals surface area contributed by atoms with Crippen LogP contribution in [0, 0.1) is 11.8 Å². The zero-order valence-electron chi connectivity index (χ0n) is 7.55. The second-order valence-corrected chi connectivity index (χ2v) is 3.64. The number of rotatable bonds is 2. The van der Waals surface area contributed by atoms with Crippen molar-refractivity contribution in [2.24, 2.45) is 11.8 Å². The molecule has 0 heterocycles. The van der Waals surface area contributed by atoms with Crippen molar-refractivity contribution < 1.29 is 4.79 Å². The molecule has 0 aromatic heterocycles. The van der Waals surface area contributed by atoms with E-state index in [1.165, 1.54) is 6.42 Å². The van der Waals surface area contributed by atoms with Crippen molar-refractivity contribution in [1.29, 1.82) is 0 Å². The molecule has 0 spiro atoms. The van der Waals surface area contributed by atoms with Crippen molar-refractivity contribution in [2.75, 3.05) is 0 Å². The second-order valence-electron chi connectivity index (χ2n) is 3.64. The molecule has 0 radical (unpaired) electrons. The summed E-state index contributed by atoms with van der Waals surface area (Å²) in [7, 11) is 0. The first kappa shape index (κ1) is 8.51. The first-order valence-electron chi connectivity index (χ1n) is 4.34. The molecule has 0 N–H and O–H groups in total. The Morgan fingerprint density at radius 2 is 2.27 bits per heavy atom. The van der Waals surface area contributed by atoms with Crippen molar-refractivity contribution in [3.63, 3.8) is 0 Å². The van der Waals surface area contributed by atoms with E-state index in [0.29, 0.717) is 11.8 Å². The van der Waals surface area contributed by atoms with Crippen molar-refractivity contribution in [3.05, 3.63) is 11.6 Å². The third-order valence-corrected chi connectivity index (χ3v) is 2.45. The van der Waals surface area contributed by atoms with Crippen LogP contribution in [0.2, 0.25) is 0 Å². The highest BCUT2D eigenvalue weighted by Gasteiger charge is 2.24. The van der Waals surface area contributed by atoms with Crippen molar-refractivity contribution in [1.82, 2.24) is 0 Å².